The van der Waals surface area contributed by atoms with Crippen LogP contribution in [-0.4, -0.2) is 45.8 Å². The number of piperidine rings is 1. The summed E-state index contributed by atoms with van der Waals surface area (Å²) in [6.07, 6.45) is 5.34. The molecule has 1 saturated carbocycles. The number of aliphatic hydroxyl groups excluding tert-OH is 1. The van der Waals surface area contributed by atoms with Gasteiger partial charge >= 0.3 is 0 Å². The van der Waals surface area contributed by atoms with Gasteiger partial charge in [-0.25, -0.2) is 4.39 Å². The van der Waals surface area contributed by atoms with Crippen molar-refractivity contribution in [2.45, 2.75) is 32.1 Å². The highest BCUT2D eigenvalue weighted by molar-refractivity contribution is 5.93. The van der Waals surface area contributed by atoms with Gasteiger partial charge in [-0.1, -0.05) is 25.0 Å². The van der Waals surface area contributed by atoms with Gasteiger partial charge in [-0.05, 0) is 43.4 Å². The van der Waals surface area contributed by atoms with Gasteiger partial charge in [0.05, 0.1) is 12.3 Å². The molecule has 1 saturated heterocycles. The van der Waals surface area contributed by atoms with Crippen molar-refractivity contribution in [1.82, 2.24) is 15.1 Å². The summed E-state index contributed by atoms with van der Waals surface area (Å²) in [5.41, 5.74) is 0.988. The maximum Gasteiger partial charge on any atom is 0.271 e. The van der Waals surface area contributed by atoms with Gasteiger partial charge in [0.25, 0.3) is 5.91 Å². The van der Waals surface area contributed by atoms with E-state index in [2.05, 4.69) is 10.2 Å². The van der Waals surface area contributed by atoms with E-state index >= 15 is 0 Å². The van der Waals surface area contributed by atoms with E-state index in [1.807, 2.05) is 0 Å². The topological polar surface area (TPSA) is 69.2 Å². The van der Waals surface area contributed by atoms with E-state index in [-0.39, 0.29) is 23.7 Å². The van der Waals surface area contributed by atoms with Crippen LogP contribution in [0.15, 0.2) is 30.3 Å². The van der Waals surface area contributed by atoms with Gasteiger partial charge < -0.3 is 10.0 Å². The first-order valence-corrected chi connectivity index (χ1v) is 9.31. The number of hydrogen-bond acceptors (Lipinski definition) is 3. The number of nitrogens with one attached hydrogen (secondary N) is 1. The molecule has 26 heavy (non-hydrogen) atoms. The van der Waals surface area contributed by atoms with Crippen molar-refractivity contribution in [3.05, 3.63) is 41.8 Å². The molecular formula is C20H24FN3O2. The normalized spacial score (nSPS) is 23.2. The lowest BCUT2D eigenvalue weighted by molar-refractivity contribution is 0.0193. The summed E-state index contributed by atoms with van der Waals surface area (Å²) in [7, 11) is 0. The van der Waals surface area contributed by atoms with Crippen LogP contribution < -0.4 is 0 Å². The summed E-state index contributed by atoms with van der Waals surface area (Å²) in [6, 6.07) is 8.00. The Hall–Kier alpha value is -2.21. The van der Waals surface area contributed by atoms with Gasteiger partial charge in [-0.15, -0.1) is 0 Å². The highest BCUT2D eigenvalue weighted by Crippen LogP contribution is 2.44. The van der Waals surface area contributed by atoms with Crippen molar-refractivity contribution in [3.63, 3.8) is 0 Å². The quantitative estimate of drug-likeness (QED) is 0.863. The summed E-state index contributed by atoms with van der Waals surface area (Å²) in [4.78, 5) is 14.7. The molecule has 0 bridgehead atoms. The van der Waals surface area contributed by atoms with Crippen molar-refractivity contribution in [2.24, 2.45) is 11.3 Å². The number of likely N-dealkylation sites (tertiary alicyclic amines) is 1. The minimum absolute atomic E-state index is 0.122. The SMILES string of the molecule is O=C(c1cc(-c2ccccc2F)n[nH]1)N1CCC[C@@](CO)(CC2CC2)C1. The van der Waals surface area contributed by atoms with Gasteiger partial charge in [-0.2, -0.15) is 5.10 Å². The molecule has 1 aliphatic carbocycles. The van der Waals surface area contributed by atoms with E-state index in [4.69, 9.17) is 0 Å². The zero-order valence-corrected chi connectivity index (χ0v) is 14.7. The molecule has 138 valence electrons. The number of H-pyrrole nitrogens is 1. The van der Waals surface area contributed by atoms with Crippen LogP contribution in [0.3, 0.4) is 0 Å². The Kier molecular flexibility index (Phi) is 4.53. The van der Waals surface area contributed by atoms with Crippen LogP contribution in [0.4, 0.5) is 4.39 Å². The number of nitrogens with zero attached hydrogens (tertiary/aromatic N) is 2. The summed E-state index contributed by atoms with van der Waals surface area (Å²) in [5.74, 6) is 0.213. The first kappa shape index (κ1) is 17.2. The van der Waals surface area contributed by atoms with Crippen LogP contribution in [0.1, 0.15) is 42.6 Å². The molecule has 1 aliphatic heterocycles. The third-order valence-corrected chi connectivity index (χ3v) is 5.66. The summed E-state index contributed by atoms with van der Waals surface area (Å²) in [6.45, 7) is 1.38. The maximum atomic E-state index is 13.9. The average Bonchev–Trinajstić information content (AvgIpc) is 3.33. The number of benzene rings is 1. The van der Waals surface area contributed by atoms with Crippen LogP contribution in [0, 0.1) is 17.2 Å². The highest BCUT2D eigenvalue weighted by Gasteiger charge is 2.41. The highest BCUT2D eigenvalue weighted by atomic mass is 19.1. The molecule has 4 rings (SSSR count). The van der Waals surface area contributed by atoms with E-state index < -0.39 is 0 Å². The third-order valence-electron chi connectivity index (χ3n) is 5.66. The van der Waals surface area contributed by atoms with Gasteiger partial charge in [-0.3, -0.25) is 9.89 Å². The van der Waals surface area contributed by atoms with Gasteiger partial charge in [0.15, 0.2) is 0 Å². The van der Waals surface area contributed by atoms with Gasteiger partial charge in [0.1, 0.15) is 11.5 Å². The zero-order valence-electron chi connectivity index (χ0n) is 14.7. The molecule has 2 heterocycles. The summed E-state index contributed by atoms with van der Waals surface area (Å²) in [5, 5.41) is 16.8. The average molecular weight is 357 g/mol. The summed E-state index contributed by atoms with van der Waals surface area (Å²) >= 11 is 0. The maximum absolute atomic E-state index is 13.9. The van der Waals surface area contributed by atoms with E-state index in [9.17, 15) is 14.3 Å². The number of carbonyl (C=O) groups is 1. The number of rotatable bonds is 5. The predicted molar refractivity (Wildman–Crippen MR) is 96.0 cm³/mol. The van der Waals surface area contributed by atoms with E-state index in [0.29, 0.717) is 36.0 Å². The molecule has 1 aromatic carbocycles. The van der Waals surface area contributed by atoms with Crippen LogP contribution in [0.2, 0.25) is 0 Å². The van der Waals surface area contributed by atoms with Crippen LogP contribution in [0.5, 0.6) is 0 Å². The minimum Gasteiger partial charge on any atom is -0.396 e. The number of aromatic amines is 1. The zero-order chi connectivity index (χ0) is 18.1. The molecular weight excluding hydrogens is 333 g/mol. The van der Waals surface area contributed by atoms with E-state index in [1.165, 1.54) is 18.9 Å². The number of halogens is 1. The standard InChI is InChI=1S/C20H24FN3O2/c21-16-5-2-1-4-15(16)17-10-18(23-22-17)19(26)24-9-3-8-20(12-24,13-25)11-14-6-7-14/h1-2,4-5,10,14,25H,3,6-9,11-13H2,(H,22,23)/t20-/m1/s1. The first-order chi connectivity index (χ1) is 12.6. The Morgan fingerprint density at radius 1 is 1.38 bits per heavy atom. The van der Waals surface area contributed by atoms with E-state index in [0.717, 1.165) is 19.3 Å². The smallest absolute Gasteiger partial charge is 0.271 e. The number of aliphatic hydroxyl groups is 1. The van der Waals surface area contributed by atoms with Gasteiger partial charge in [0.2, 0.25) is 0 Å². The molecule has 2 fully saturated rings. The predicted octanol–water partition coefficient (Wildman–Crippen LogP) is 3.23. The number of carbonyl (C=O) groups excluding carboxylic acids is 1. The summed E-state index contributed by atoms with van der Waals surface area (Å²) < 4.78 is 13.9. The Labute approximate surface area is 152 Å². The Bertz CT molecular complexity index is 802. The fraction of sp³-hybridized carbons (Fsp3) is 0.500. The van der Waals surface area contributed by atoms with Crippen molar-refractivity contribution >= 4 is 5.91 Å². The molecule has 2 aliphatic rings. The Morgan fingerprint density at radius 2 is 2.19 bits per heavy atom. The molecule has 0 spiro atoms. The fourth-order valence-corrected chi connectivity index (χ4v) is 4.08. The Balaban J connectivity index is 1.51. The van der Waals surface area contributed by atoms with Crippen molar-refractivity contribution < 1.29 is 14.3 Å². The Morgan fingerprint density at radius 3 is 2.92 bits per heavy atom. The largest absolute Gasteiger partial charge is 0.396 e. The first-order valence-electron chi connectivity index (χ1n) is 9.31. The lowest BCUT2D eigenvalue weighted by Gasteiger charge is -2.42. The number of aromatic nitrogens is 2. The third kappa shape index (κ3) is 3.38. The fourth-order valence-electron chi connectivity index (χ4n) is 4.08. The lowest BCUT2D eigenvalue weighted by atomic mass is 9.76. The monoisotopic (exact) mass is 357 g/mol. The molecule has 1 amide bonds. The molecule has 1 atom stereocenters. The van der Waals surface area contributed by atoms with E-state index in [1.54, 1.807) is 29.2 Å². The second-order valence-corrected chi connectivity index (χ2v) is 7.78. The lowest BCUT2D eigenvalue weighted by Crippen LogP contribution is -2.48. The van der Waals surface area contributed by atoms with Gasteiger partial charge in [0, 0.05) is 24.1 Å². The van der Waals surface area contributed by atoms with Crippen LogP contribution >= 0.6 is 0 Å². The molecule has 1 aromatic heterocycles. The second kappa shape index (κ2) is 6.83. The number of amides is 1. The second-order valence-electron chi connectivity index (χ2n) is 7.78. The molecule has 0 unspecified atom stereocenters. The molecule has 0 radical (unpaired) electrons. The molecule has 5 nitrogen and oxygen atoms in total. The van der Waals surface area contributed by atoms with Crippen molar-refractivity contribution in [1.29, 1.82) is 0 Å². The number of hydrogen-bond donors (Lipinski definition) is 2. The minimum atomic E-state index is -0.361. The van der Waals surface area contributed by atoms with Crippen LogP contribution in [-0.2, 0) is 0 Å². The molecule has 2 aromatic rings. The van der Waals surface area contributed by atoms with Crippen molar-refractivity contribution in [2.75, 3.05) is 19.7 Å². The van der Waals surface area contributed by atoms with Crippen LogP contribution in [0.25, 0.3) is 11.3 Å². The van der Waals surface area contributed by atoms with Crippen molar-refractivity contribution in [3.8, 4) is 11.3 Å². The molecule has 6 heteroatoms. The molecule has 2 N–H and O–H groups in total.